The highest BCUT2D eigenvalue weighted by Crippen LogP contribution is 2.67. The van der Waals surface area contributed by atoms with Gasteiger partial charge in [-0.2, -0.15) is 0 Å². The van der Waals surface area contributed by atoms with Crippen LogP contribution in [0.25, 0.3) is 0 Å². The average molecular weight is 376 g/mol. The maximum atomic E-state index is 13.6. The molecular formula is C21H28O6. The Kier molecular flexibility index (Phi) is 3.91. The number of ether oxygens (including phenoxy) is 2. The third-order valence-electron chi connectivity index (χ3n) is 8.28. The van der Waals surface area contributed by atoms with Gasteiger partial charge in [-0.1, -0.05) is 20.8 Å². The number of allylic oxidation sites excluding steroid dienone is 2. The number of carbonyl (C=O) groups excluding carboxylic acids is 3. The van der Waals surface area contributed by atoms with Gasteiger partial charge >= 0.3 is 5.97 Å². The quantitative estimate of drug-likeness (QED) is 0.705. The highest BCUT2D eigenvalue weighted by Gasteiger charge is 2.72. The summed E-state index contributed by atoms with van der Waals surface area (Å²) in [4.78, 5) is 38.5. The monoisotopic (exact) mass is 376 g/mol. The highest BCUT2D eigenvalue weighted by atomic mass is 16.5. The second-order valence-electron chi connectivity index (χ2n) is 9.37. The van der Waals surface area contributed by atoms with Crippen molar-refractivity contribution in [3.8, 4) is 0 Å². The molecule has 1 heterocycles. The molecule has 0 aromatic heterocycles. The lowest BCUT2D eigenvalue weighted by Crippen LogP contribution is -2.71. The summed E-state index contributed by atoms with van der Waals surface area (Å²) in [5.74, 6) is -1.26. The first-order valence-electron chi connectivity index (χ1n) is 9.77. The summed E-state index contributed by atoms with van der Waals surface area (Å²) < 4.78 is 11.2. The molecule has 1 saturated heterocycles. The van der Waals surface area contributed by atoms with E-state index in [0.29, 0.717) is 6.42 Å². The van der Waals surface area contributed by atoms with E-state index in [-0.39, 0.29) is 53.9 Å². The van der Waals surface area contributed by atoms with E-state index in [1.807, 2.05) is 27.7 Å². The molecule has 0 amide bonds. The van der Waals surface area contributed by atoms with Crippen molar-refractivity contribution in [2.24, 2.45) is 34.5 Å². The molecule has 1 N–H and O–H groups in total. The Labute approximate surface area is 159 Å². The molecule has 4 rings (SSSR count). The van der Waals surface area contributed by atoms with Gasteiger partial charge in [0.2, 0.25) is 5.78 Å². The number of aliphatic hydroxyl groups excluding tert-OH is 1. The van der Waals surface area contributed by atoms with Gasteiger partial charge in [0.15, 0.2) is 11.5 Å². The highest BCUT2D eigenvalue weighted by molar-refractivity contribution is 6.00. The fourth-order valence-electron chi connectivity index (χ4n) is 7.06. The molecule has 1 aliphatic heterocycles. The van der Waals surface area contributed by atoms with Gasteiger partial charge < -0.3 is 14.6 Å². The first kappa shape index (κ1) is 18.7. The van der Waals surface area contributed by atoms with Crippen LogP contribution in [0.2, 0.25) is 0 Å². The molecule has 2 saturated carbocycles. The van der Waals surface area contributed by atoms with Crippen LogP contribution in [0.15, 0.2) is 11.3 Å². The van der Waals surface area contributed by atoms with Crippen LogP contribution in [0.4, 0.5) is 0 Å². The van der Waals surface area contributed by atoms with Crippen LogP contribution in [0, 0.1) is 34.5 Å². The van der Waals surface area contributed by atoms with Crippen molar-refractivity contribution < 1.29 is 29.0 Å². The largest absolute Gasteiger partial charge is 0.493 e. The van der Waals surface area contributed by atoms with Gasteiger partial charge in [0.25, 0.3) is 0 Å². The van der Waals surface area contributed by atoms with E-state index in [0.717, 1.165) is 5.57 Å². The predicted molar refractivity (Wildman–Crippen MR) is 95.3 cm³/mol. The van der Waals surface area contributed by atoms with E-state index in [1.54, 1.807) is 0 Å². The first-order valence-corrected chi connectivity index (χ1v) is 9.77. The normalized spacial score (nSPS) is 49.3. The van der Waals surface area contributed by atoms with E-state index in [1.165, 1.54) is 7.11 Å². The zero-order valence-electron chi connectivity index (χ0n) is 16.6. The average Bonchev–Trinajstić information content (AvgIpc) is 2.58. The molecule has 0 aromatic rings. The molecule has 6 nitrogen and oxygen atoms in total. The first-order chi connectivity index (χ1) is 12.6. The molecule has 0 unspecified atom stereocenters. The maximum absolute atomic E-state index is 13.6. The van der Waals surface area contributed by atoms with Crippen molar-refractivity contribution in [2.75, 3.05) is 7.11 Å². The van der Waals surface area contributed by atoms with Crippen LogP contribution in [-0.2, 0) is 23.9 Å². The fourth-order valence-corrected chi connectivity index (χ4v) is 7.06. The number of hydrogen-bond acceptors (Lipinski definition) is 6. The maximum Gasteiger partial charge on any atom is 0.306 e. The molecule has 8 atom stereocenters. The molecule has 148 valence electrons. The summed E-state index contributed by atoms with van der Waals surface area (Å²) in [5.41, 5.74) is -0.779. The molecule has 27 heavy (non-hydrogen) atoms. The number of esters is 1. The molecule has 0 spiro atoms. The Balaban J connectivity index is 1.97. The van der Waals surface area contributed by atoms with Crippen molar-refractivity contribution in [3.05, 3.63) is 11.3 Å². The molecule has 0 aromatic carbocycles. The number of ketones is 2. The number of carbonyl (C=O) groups is 3. The molecule has 4 aliphatic rings. The van der Waals surface area contributed by atoms with Gasteiger partial charge in [-0.3, -0.25) is 14.4 Å². The number of Topliss-reactive ketones (excluding diaryl/α,β-unsaturated/α-hetero) is 2. The minimum Gasteiger partial charge on any atom is -0.493 e. The third kappa shape index (κ3) is 2.08. The van der Waals surface area contributed by atoms with Gasteiger partial charge in [-0.05, 0) is 30.8 Å². The SMILES string of the molecule is COC1=C(C)[C@@H]2CC(=O)O[C@@H]3C[C@H]4[C@H](C)CC(=O)[C@@H](O)[C@]4(C)[C@@H](C1=O)[C@@]32C. The molecule has 3 aliphatic carbocycles. The Hall–Kier alpha value is -1.69. The zero-order valence-corrected chi connectivity index (χ0v) is 16.6. The summed E-state index contributed by atoms with van der Waals surface area (Å²) in [7, 11) is 1.46. The predicted octanol–water partition coefficient (Wildman–Crippen LogP) is 2.04. The van der Waals surface area contributed by atoms with E-state index in [4.69, 9.17) is 9.47 Å². The van der Waals surface area contributed by atoms with Crippen LogP contribution in [0.3, 0.4) is 0 Å². The number of methoxy groups -OCH3 is 1. The standard InChI is InChI=1S/C21H28O6/c1-9-6-13(22)19(25)21(4)11(9)7-14-20(3)12(8-15(23)27-14)10(2)17(26-5)16(24)18(20)21/h9,11-12,14,18-19,25H,6-8H2,1-5H3/t9-,11+,12+,14-,18+,19-,20-,21+/m1/s1. The second kappa shape index (κ2) is 5.66. The molecule has 3 fully saturated rings. The van der Waals surface area contributed by atoms with Crippen molar-refractivity contribution in [3.63, 3.8) is 0 Å². The van der Waals surface area contributed by atoms with Crippen molar-refractivity contribution in [1.29, 1.82) is 0 Å². The topological polar surface area (TPSA) is 89.9 Å². The summed E-state index contributed by atoms with van der Waals surface area (Å²) in [6.45, 7) is 7.70. The van der Waals surface area contributed by atoms with Crippen molar-refractivity contribution >= 4 is 17.5 Å². The number of rotatable bonds is 1. The Morgan fingerprint density at radius 3 is 2.44 bits per heavy atom. The lowest BCUT2D eigenvalue weighted by molar-refractivity contribution is -0.237. The minimum atomic E-state index is -1.19. The minimum absolute atomic E-state index is 0.0142. The van der Waals surface area contributed by atoms with Gasteiger partial charge in [-0.25, -0.2) is 0 Å². The molecule has 6 heteroatoms. The van der Waals surface area contributed by atoms with Crippen molar-refractivity contribution in [1.82, 2.24) is 0 Å². The number of aliphatic hydroxyl groups is 1. The van der Waals surface area contributed by atoms with Crippen LogP contribution in [-0.4, -0.2) is 42.0 Å². The van der Waals surface area contributed by atoms with Crippen LogP contribution in [0.1, 0.15) is 47.0 Å². The Morgan fingerprint density at radius 1 is 1.15 bits per heavy atom. The molecule has 0 bridgehead atoms. The Morgan fingerprint density at radius 2 is 1.81 bits per heavy atom. The second-order valence-corrected chi connectivity index (χ2v) is 9.37. The lowest BCUT2D eigenvalue weighted by atomic mass is 9.39. The Bertz CT molecular complexity index is 769. The van der Waals surface area contributed by atoms with E-state index < -0.39 is 29.0 Å². The van der Waals surface area contributed by atoms with Gasteiger partial charge in [0.05, 0.1) is 13.5 Å². The molecule has 0 radical (unpaired) electrons. The summed E-state index contributed by atoms with van der Waals surface area (Å²) >= 11 is 0. The van der Waals surface area contributed by atoms with Crippen LogP contribution < -0.4 is 0 Å². The van der Waals surface area contributed by atoms with Crippen LogP contribution >= 0.6 is 0 Å². The summed E-state index contributed by atoms with van der Waals surface area (Å²) in [5, 5.41) is 11.0. The third-order valence-corrected chi connectivity index (χ3v) is 8.28. The van der Waals surface area contributed by atoms with Gasteiger partial charge in [0.1, 0.15) is 12.2 Å². The van der Waals surface area contributed by atoms with Crippen molar-refractivity contribution in [2.45, 2.75) is 59.2 Å². The zero-order chi connectivity index (χ0) is 19.9. The van der Waals surface area contributed by atoms with Gasteiger partial charge in [0, 0.05) is 29.1 Å². The van der Waals surface area contributed by atoms with Gasteiger partial charge in [-0.15, -0.1) is 0 Å². The van der Waals surface area contributed by atoms with Crippen LogP contribution in [0.5, 0.6) is 0 Å². The summed E-state index contributed by atoms with van der Waals surface area (Å²) in [6.07, 6.45) is -0.544. The fraction of sp³-hybridized carbons (Fsp3) is 0.762. The lowest BCUT2D eigenvalue weighted by Gasteiger charge is -2.66. The molecular weight excluding hydrogens is 348 g/mol. The van der Waals surface area contributed by atoms with E-state index in [2.05, 4.69) is 0 Å². The van der Waals surface area contributed by atoms with E-state index in [9.17, 15) is 19.5 Å². The smallest absolute Gasteiger partial charge is 0.306 e. The summed E-state index contributed by atoms with van der Waals surface area (Å²) in [6, 6.07) is 0. The number of fused-ring (bicyclic) bond motifs is 2. The van der Waals surface area contributed by atoms with E-state index >= 15 is 0 Å². The number of hydrogen-bond donors (Lipinski definition) is 1.